The number of hydrogen-bond donors (Lipinski definition) is 0. The number of hydrogen-bond acceptors (Lipinski definition) is 3. The molecule has 0 fully saturated rings. The van der Waals surface area contributed by atoms with Crippen LogP contribution in [0.25, 0.3) is 20.8 Å². The van der Waals surface area contributed by atoms with Gasteiger partial charge < -0.3 is 0 Å². The van der Waals surface area contributed by atoms with Gasteiger partial charge in [-0.3, -0.25) is 4.79 Å². The van der Waals surface area contributed by atoms with Crippen LogP contribution in [0.1, 0.15) is 0 Å². The first kappa shape index (κ1) is 13.6. The third kappa shape index (κ3) is 2.26. The molecule has 3 rings (SSSR count). The summed E-state index contributed by atoms with van der Waals surface area (Å²) in [5.74, 6) is 0. The van der Waals surface area contributed by atoms with Gasteiger partial charge in [0.2, 0.25) is 0 Å². The van der Waals surface area contributed by atoms with Gasteiger partial charge in [0.05, 0.1) is 29.6 Å². The minimum atomic E-state index is -0.178. The summed E-state index contributed by atoms with van der Waals surface area (Å²) < 4.78 is 1.12. The third-order valence-corrected chi connectivity index (χ3v) is 5.50. The molecule has 0 atom stereocenters. The van der Waals surface area contributed by atoms with Crippen LogP contribution in [-0.4, -0.2) is 4.98 Å². The minimum absolute atomic E-state index is 0.178. The third-order valence-electron chi connectivity index (χ3n) is 2.55. The van der Waals surface area contributed by atoms with Crippen LogP contribution in [-0.2, 0) is 0 Å². The Balaban J connectivity index is 2.53. The lowest BCUT2D eigenvalue weighted by molar-refractivity contribution is 1.39. The lowest BCUT2D eigenvalue weighted by Crippen LogP contribution is -2.03. The zero-order chi connectivity index (χ0) is 13.7. The Morgan fingerprint density at radius 1 is 1.16 bits per heavy atom. The number of aromatic nitrogens is 1. The zero-order valence-electron chi connectivity index (χ0n) is 9.01. The Labute approximate surface area is 135 Å². The summed E-state index contributed by atoms with van der Waals surface area (Å²) in [6, 6.07) is 4.89. The molecule has 0 saturated carbocycles. The van der Waals surface area contributed by atoms with Crippen LogP contribution in [0.2, 0.25) is 15.1 Å². The number of nitrogens with zero attached hydrogens (tertiary/aromatic N) is 1. The van der Waals surface area contributed by atoms with E-state index in [0.29, 0.717) is 35.6 Å². The molecule has 19 heavy (non-hydrogen) atoms. The first-order chi connectivity index (χ1) is 8.97. The van der Waals surface area contributed by atoms with Gasteiger partial charge in [-0.2, -0.15) is 0 Å². The molecule has 1 heterocycles. The molecule has 0 N–H and O–H groups in total. The second-order valence-electron chi connectivity index (χ2n) is 3.80. The SMILES string of the molecule is O=c1cc2sc3cc(Cl)cc(Cl)c3nc-2c(Cl)c1Br. The number of halogens is 4. The molecule has 1 aliphatic carbocycles. The predicted molar refractivity (Wildman–Crippen MR) is 85.2 cm³/mol. The maximum Gasteiger partial charge on any atom is 0.195 e. The van der Waals surface area contributed by atoms with Crippen molar-refractivity contribution in [3.05, 3.63) is 48.0 Å². The molecular weight excluding hydrogens is 392 g/mol. The van der Waals surface area contributed by atoms with E-state index < -0.39 is 0 Å². The highest BCUT2D eigenvalue weighted by Crippen LogP contribution is 2.39. The van der Waals surface area contributed by atoms with Crippen molar-refractivity contribution in [3.8, 4) is 10.6 Å². The normalized spacial score (nSPS) is 11.4. The van der Waals surface area contributed by atoms with E-state index in [2.05, 4.69) is 20.9 Å². The van der Waals surface area contributed by atoms with E-state index in [9.17, 15) is 4.79 Å². The van der Waals surface area contributed by atoms with Crippen LogP contribution < -0.4 is 5.43 Å². The smallest absolute Gasteiger partial charge is 0.195 e. The predicted octanol–water partition coefficient (Wildman–Crippen LogP) is 5.48. The standard InChI is InChI=1S/C12H3BrCl3NOS/c13-9-6(18)3-8-12(10(9)16)17-11-5(15)1-4(14)2-7(11)19-8/h1-3H. The van der Waals surface area contributed by atoms with E-state index in [1.807, 2.05) is 0 Å². The second-order valence-corrected chi connectivity index (χ2v) is 6.90. The van der Waals surface area contributed by atoms with Crippen molar-refractivity contribution in [1.82, 2.24) is 4.98 Å². The van der Waals surface area contributed by atoms with Crippen LogP contribution in [0, 0.1) is 0 Å². The number of rotatable bonds is 0. The quantitative estimate of drug-likeness (QED) is 0.472. The lowest BCUT2D eigenvalue weighted by atomic mass is 10.2. The molecule has 0 radical (unpaired) electrons. The van der Waals surface area contributed by atoms with E-state index in [1.54, 1.807) is 12.1 Å². The summed E-state index contributed by atoms with van der Waals surface area (Å²) in [5, 5.41) is 1.28. The Morgan fingerprint density at radius 2 is 1.89 bits per heavy atom. The molecule has 0 saturated heterocycles. The van der Waals surface area contributed by atoms with Crippen molar-refractivity contribution in [3.63, 3.8) is 0 Å². The highest BCUT2D eigenvalue weighted by atomic mass is 79.9. The lowest BCUT2D eigenvalue weighted by Gasteiger charge is -2.09. The average molecular weight is 395 g/mol. The largest absolute Gasteiger partial charge is 0.289 e. The van der Waals surface area contributed by atoms with Gasteiger partial charge in [-0.15, -0.1) is 11.3 Å². The molecular formula is C12H3BrCl3NOS. The monoisotopic (exact) mass is 393 g/mol. The molecule has 96 valence electrons. The molecule has 0 bridgehead atoms. The van der Waals surface area contributed by atoms with Crippen molar-refractivity contribution in [1.29, 1.82) is 0 Å². The van der Waals surface area contributed by atoms with E-state index in [0.717, 1.165) is 4.70 Å². The Bertz CT molecular complexity index is 849. The summed E-state index contributed by atoms with van der Waals surface area (Å²) >= 11 is 22.8. The maximum atomic E-state index is 11.7. The molecule has 0 amide bonds. The van der Waals surface area contributed by atoms with Gasteiger partial charge in [0.25, 0.3) is 0 Å². The van der Waals surface area contributed by atoms with E-state index in [4.69, 9.17) is 34.8 Å². The van der Waals surface area contributed by atoms with Crippen LogP contribution in [0.3, 0.4) is 0 Å². The summed E-state index contributed by atoms with van der Waals surface area (Å²) in [7, 11) is 0. The topological polar surface area (TPSA) is 30.0 Å². The fourth-order valence-electron chi connectivity index (χ4n) is 1.71. The molecule has 2 nitrogen and oxygen atoms in total. The molecule has 0 spiro atoms. The van der Waals surface area contributed by atoms with Gasteiger partial charge in [-0.25, -0.2) is 4.98 Å². The van der Waals surface area contributed by atoms with E-state index in [1.165, 1.54) is 17.4 Å². The number of benzene rings is 2. The molecule has 0 unspecified atom stereocenters. The molecule has 7 heteroatoms. The molecule has 0 aromatic heterocycles. The van der Waals surface area contributed by atoms with Gasteiger partial charge in [-0.1, -0.05) is 34.8 Å². The van der Waals surface area contributed by atoms with E-state index >= 15 is 0 Å². The molecule has 2 aliphatic rings. The zero-order valence-corrected chi connectivity index (χ0v) is 13.7. The fraction of sp³-hybridized carbons (Fsp3) is 0. The van der Waals surface area contributed by atoms with Crippen LogP contribution in [0.4, 0.5) is 0 Å². The van der Waals surface area contributed by atoms with Crippen molar-refractivity contribution in [2.75, 3.05) is 0 Å². The Hall–Kier alpha value is -0.390. The van der Waals surface area contributed by atoms with E-state index in [-0.39, 0.29) is 5.43 Å². The molecule has 1 aromatic rings. The average Bonchev–Trinajstić information content (AvgIpc) is 2.34. The van der Waals surface area contributed by atoms with Crippen LogP contribution in [0.5, 0.6) is 0 Å². The summed E-state index contributed by atoms with van der Waals surface area (Å²) in [4.78, 5) is 16.9. The van der Waals surface area contributed by atoms with Crippen molar-refractivity contribution >= 4 is 72.3 Å². The van der Waals surface area contributed by atoms with Crippen molar-refractivity contribution < 1.29 is 0 Å². The van der Waals surface area contributed by atoms with Gasteiger partial charge in [-0.05, 0) is 28.1 Å². The molecule has 1 aliphatic heterocycles. The fourth-order valence-corrected chi connectivity index (χ4v) is 4.05. The van der Waals surface area contributed by atoms with Gasteiger partial charge in [0.15, 0.2) is 5.43 Å². The first-order valence-corrected chi connectivity index (χ1v) is 7.79. The van der Waals surface area contributed by atoms with Gasteiger partial charge in [0.1, 0.15) is 5.69 Å². The van der Waals surface area contributed by atoms with Crippen LogP contribution in [0.15, 0.2) is 27.5 Å². The minimum Gasteiger partial charge on any atom is -0.289 e. The summed E-state index contributed by atoms with van der Waals surface area (Å²) in [6.07, 6.45) is 0. The van der Waals surface area contributed by atoms with Gasteiger partial charge >= 0.3 is 0 Å². The molecule has 1 aromatic carbocycles. The summed E-state index contributed by atoms with van der Waals surface area (Å²) in [6.45, 7) is 0. The maximum absolute atomic E-state index is 11.7. The first-order valence-electron chi connectivity index (χ1n) is 5.05. The highest BCUT2D eigenvalue weighted by Gasteiger charge is 2.17. The number of fused-ring (bicyclic) bond motifs is 2. The van der Waals surface area contributed by atoms with Crippen molar-refractivity contribution in [2.24, 2.45) is 0 Å². The highest BCUT2D eigenvalue weighted by molar-refractivity contribution is 9.10. The second kappa shape index (κ2) is 4.86. The summed E-state index contributed by atoms with van der Waals surface area (Å²) in [5.41, 5.74) is 0.994. The van der Waals surface area contributed by atoms with Gasteiger partial charge in [0, 0.05) is 11.1 Å². The van der Waals surface area contributed by atoms with Crippen molar-refractivity contribution in [2.45, 2.75) is 0 Å². The Kier molecular flexibility index (Phi) is 3.48. The van der Waals surface area contributed by atoms with Crippen LogP contribution >= 0.6 is 62.1 Å². The Morgan fingerprint density at radius 3 is 2.63 bits per heavy atom.